The molecule has 0 aliphatic carbocycles. The summed E-state index contributed by atoms with van der Waals surface area (Å²) in [6.07, 6.45) is 3.69. The number of H-pyrrole nitrogens is 1. The molecule has 0 spiro atoms. The maximum Gasteiger partial charge on any atom is 0.250 e. The molecule has 1 aliphatic heterocycles. The molecule has 2 aromatic carbocycles. The van der Waals surface area contributed by atoms with Gasteiger partial charge >= 0.3 is 0 Å². The Kier molecular flexibility index (Phi) is 6.97. The molecule has 0 radical (unpaired) electrons. The third-order valence-electron chi connectivity index (χ3n) is 6.59. The molecule has 7 nitrogen and oxygen atoms in total. The lowest BCUT2D eigenvalue weighted by Gasteiger charge is -2.32. The lowest BCUT2D eigenvalue weighted by molar-refractivity contribution is -0.127. The number of halogens is 1. The Morgan fingerprint density at radius 3 is 2.69 bits per heavy atom. The summed E-state index contributed by atoms with van der Waals surface area (Å²) in [7, 11) is 0. The Balaban J connectivity index is 1.15. The van der Waals surface area contributed by atoms with E-state index in [1.807, 2.05) is 24.3 Å². The number of likely N-dealkylation sites (tertiary alicyclic amines) is 1. The van der Waals surface area contributed by atoms with E-state index >= 15 is 0 Å². The molecule has 2 N–H and O–H groups in total. The van der Waals surface area contributed by atoms with Crippen LogP contribution in [-0.4, -0.2) is 38.7 Å². The summed E-state index contributed by atoms with van der Waals surface area (Å²) in [5.74, 6) is 0.0360. The summed E-state index contributed by atoms with van der Waals surface area (Å²) in [5, 5.41) is 12.0. The van der Waals surface area contributed by atoms with Gasteiger partial charge < -0.3 is 9.88 Å². The summed E-state index contributed by atoms with van der Waals surface area (Å²) in [6, 6.07) is 19.1. The summed E-state index contributed by atoms with van der Waals surface area (Å²) >= 11 is 6.12. The van der Waals surface area contributed by atoms with Crippen LogP contribution in [0, 0.1) is 5.92 Å². The topological polar surface area (TPSA) is 83.0 Å². The van der Waals surface area contributed by atoms with Crippen LogP contribution in [0.15, 0.2) is 71.7 Å². The summed E-state index contributed by atoms with van der Waals surface area (Å²) in [4.78, 5) is 27.2. The van der Waals surface area contributed by atoms with Crippen molar-refractivity contribution in [1.82, 2.24) is 25.0 Å². The highest BCUT2D eigenvalue weighted by Gasteiger charge is 2.26. The van der Waals surface area contributed by atoms with Gasteiger partial charge in [-0.15, -0.1) is 0 Å². The van der Waals surface area contributed by atoms with E-state index in [9.17, 15) is 9.59 Å². The molecular formula is C27H28ClN5O2. The molecule has 0 saturated carbocycles. The molecule has 1 fully saturated rings. The molecule has 3 heterocycles. The molecule has 1 amide bonds. The normalized spacial score (nSPS) is 16.4. The summed E-state index contributed by atoms with van der Waals surface area (Å²) in [5.41, 5.74) is 3.99. The van der Waals surface area contributed by atoms with Crippen molar-refractivity contribution in [2.75, 3.05) is 13.1 Å². The molecule has 1 atom stereocenters. The standard InChI is InChI=1S/C27H28ClN5O2/c28-22-10-11-24-23(14-22)25(31-30-24)15-29-27(35)21-4-3-12-32(18-21)16-19-6-8-20(9-7-19)17-33-13-2-1-5-26(33)34/h1-2,5-11,13-14,21H,3-4,12,15-18H2,(H,29,35)(H,30,31). The number of benzene rings is 2. The molecule has 0 bridgehead atoms. The van der Waals surface area contributed by atoms with Crippen LogP contribution >= 0.6 is 11.6 Å². The van der Waals surface area contributed by atoms with Crippen LogP contribution < -0.4 is 10.9 Å². The van der Waals surface area contributed by atoms with Gasteiger partial charge in [0.25, 0.3) is 5.56 Å². The molecule has 5 rings (SSSR count). The van der Waals surface area contributed by atoms with E-state index in [0.29, 0.717) is 18.1 Å². The quantitative estimate of drug-likeness (QED) is 0.411. The second kappa shape index (κ2) is 10.5. The van der Waals surface area contributed by atoms with Gasteiger partial charge in [0.05, 0.1) is 30.2 Å². The third-order valence-corrected chi connectivity index (χ3v) is 6.83. The van der Waals surface area contributed by atoms with E-state index in [1.54, 1.807) is 22.9 Å². The number of nitrogens with one attached hydrogen (secondary N) is 2. The number of piperidine rings is 1. The number of nitrogens with zero attached hydrogens (tertiary/aromatic N) is 3. The van der Waals surface area contributed by atoms with Gasteiger partial charge in [-0.25, -0.2) is 0 Å². The fourth-order valence-electron chi connectivity index (χ4n) is 4.70. The minimum absolute atomic E-state index is 0.00118. The summed E-state index contributed by atoms with van der Waals surface area (Å²) in [6.45, 7) is 3.48. The Hall–Kier alpha value is -3.42. The van der Waals surface area contributed by atoms with Gasteiger partial charge in [0.2, 0.25) is 5.91 Å². The van der Waals surface area contributed by atoms with Crippen molar-refractivity contribution >= 4 is 28.4 Å². The van der Waals surface area contributed by atoms with Gasteiger partial charge in [0.15, 0.2) is 0 Å². The first-order valence-corrected chi connectivity index (χ1v) is 12.3. The smallest absolute Gasteiger partial charge is 0.250 e. The first-order chi connectivity index (χ1) is 17.0. The van der Waals surface area contributed by atoms with Crippen molar-refractivity contribution in [3.8, 4) is 0 Å². The predicted octanol–water partition coefficient (Wildman–Crippen LogP) is 3.95. The number of aromatic amines is 1. The molecular weight excluding hydrogens is 462 g/mol. The maximum atomic E-state index is 12.9. The fourth-order valence-corrected chi connectivity index (χ4v) is 4.87. The van der Waals surface area contributed by atoms with Crippen molar-refractivity contribution in [1.29, 1.82) is 0 Å². The fraction of sp³-hybridized carbons (Fsp3) is 0.296. The van der Waals surface area contributed by atoms with E-state index in [-0.39, 0.29) is 17.4 Å². The number of rotatable bonds is 7. The van der Waals surface area contributed by atoms with Crippen molar-refractivity contribution in [2.45, 2.75) is 32.5 Å². The average Bonchev–Trinajstić information content (AvgIpc) is 3.27. The Morgan fingerprint density at radius 2 is 1.89 bits per heavy atom. The van der Waals surface area contributed by atoms with E-state index in [0.717, 1.165) is 54.6 Å². The van der Waals surface area contributed by atoms with Crippen molar-refractivity contribution < 1.29 is 4.79 Å². The Labute approximate surface area is 208 Å². The first-order valence-electron chi connectivity index (χ1n) is 11.9. The monoisotopic (exact) mass is 489 g/mol. The van der Waals surface area contributed by atoms with Gasteiger partial charge in [-0.2, -0.15) is 5.10 Å². The van der Waals surface area contributed by atoms with Gasteiger partial charge in [0.1, 0.15) is 0 Å². The van der Waals surface area contributed by atoms with Crippen LogP contribution in [0.2, 0.25) is 5.02 Å². The number of carbonyl (C=O) groups excluding carboxylic acids is 1. The molecule has 1 saturated heterocycles. The van der Waals surface area contributed by atoms with E-state index in [2.05, 4.69) is 44.7 Å². The van der Waals surface area contributed by atoms with Crippen molar-refractivity contribution in [3.63, 3.8) is 0 Å². The number of carbonyl (C=O) groups is 1. The number of pyridine rings is 1. The second-order valence-electron chi connectivity index (χ2n) is 9.14. The number of fused-ring (bicyclic) bond motifs is 1. The molecule has 1 unspecified atom stereocenters. The van der Waals surface area contributed by atoms with Crippen molar-refractivity contribution in [2.24, 2.45) is 5.92 Å². The predicted molar refractivity (Wildman–Crippen MR) is 137 cm³/mol. The number of hydrogen-bond donors (Lipinski definition) is 2. The minimum Gasteiger partial charge on any atom is -0.350 e. The van der Waals surface area contributed by atoms with E-state index < -0.39 is 0 Å². The zero-order chi connectivity index (χ0) is 24.2. The molecule has 8 heteroatoms. The van der Waals surface area contributed by atoms with Crippen LogP contribution in [0.5, 0.6) is 0 Å². The Bertz CT molecular complexity index is 1380. The van der Waals surface area contributed by atoms with Gasteiger partial charge in [-0.3, -0.25) is 19.6 Å². The highest BCUT2D eigenvalue weighted by molar-refractivity contribution is 6.31. The molecule has 35 heavy (non-hydrogen) atoms. The van der Waals surface area contributed by atoms with Gasteiger partial charge in [0, 0.05) is 35.8 Å². The van der Waals surface area contributed by atoms with Crippen LogP contribution in [0.25, 0.3) is 10.9 Å². The van der Waals surface area contributed by atoms with Crippen LogP contribution in [0.1, 0.15) is 29.7 Å². The average molecular weight is 490 g/mol. The number of amides is 1. The number of hydrogen-bond acceptors (Lipinski definition) is 4. The largest absolute Gasteiger partial charge is 0.350 e. The van der Waals surface area contributed by atoms with Crippen molar-refractivity contribution in [3.05, 3.63) is 99.1 Å². The van der Waals surface area contributed by atoms with Crippen LogP contribution in [-0.2, 0) is 24.4 Å². The summed E-state index contributed by atoms with van der Waals surface area (Å²) < 4.78 is 1.70. The Morgan fingerprint density at radius 1 is 1.09 bits per heavy atom. The minimum atomic E-state index is -0.0363. The van der Waals surface area contributed by atoms with Gasteiger partial charge in [-0.05, 0) is 54.8 Å². The maximum absolute atomic E-state index is 12.9. The molecule has 2 aromatic heterocycles. The van der Waals surface area contributed by atoms with Crippen LogP contribution in [0.4, 0.5) is 0 Å². The lowest BCUT2D eigenvalue weighted by Crippen LogP contribution is -2.42. The lowest BCUT2D eigenvalue weighted by atomic mass is 9.96. The van der Waals surface area contributed by atoms with E-state index in [4.69, 9.17) is 11.6 Å². The first kappa shape index (κ1) is 23.3. The zero-order valence-corrected chi connectivity index (χ0v) is 20.2. The SMILES string of the molecule is O=C(NCc1[nH]nc2ccc(Cl)cc12)C1CCCN(Cc2ccc(Cn3ccccc3=O)cc2)C1. The highest BCUT2D eigenvalue weighted by atomic mass is 35.5. The van der Waals surface area contributed by atoms with Gasteiger partial charge in [-0.1, -0.05) is 41.9 Å². The molecule has 180 valence electrons. The molecule has 4 aromatic rings. The van der Waals surface area contributed by atoms with E-state index in [1.165, 1.54) is 5.56 Å². The zero-order valence-electron chi connectivity index (χ0n) is 19.4. The second-order valence-corrected chi connectivity index (χ2v) is 9.58. The molecule has 1 aliphatic rings. The van der Waals surface area contributed by atoms with Crippen LogP contribution in [0.3, 0.4) is 0 Å². The highest BCUT2D eigenvalue weighted by Crippen LogP contribution is 2.22. The number of aromatic nitrogens is 3. The third kappa shape index (κ3) is 5.63.